The van der Waals surface area contributed by atoms with Crippen LogP contribution in [0.3, 0.4) is 0 Å². The van der Waals surface area contributed by atoms with E-state index in [9.17, 15) is 19.4 Å². The summed E-state index contributed by atoms with van der Waals surface area (Å²) < 4.78 is 23.5. The normalized spacial score (nSPS) is 15.4. The molecule has 0 fully saturated rings. The molecule has 1 amide bonds. The number of quaternary nitrogens is 1. The average molecular weight is 840 g/mol. The van der Waals surface area contributed by atoms with Gasteiger partial charge in [-0.2, -0.15) is 0 Å². The van der Waals surface area contributed by atoms with E-state index in [0.29, 0.717) is 23.9 Å². The maximum absolute atomic E-state index is 12.9. The molecule has 0 spiro atoms. The number of carbonyl (C=O) groups excluding carboxylic acids is 1. The third kappa shape index (κ3) is 42.8. The molecule has 0 rings (SSSR count). The summed E-state index contributed by atoms with van der Waals surface area (Å²) in [5.41, 5.74) is 0. The van der Waals surface area contributed by atoms with Crippen LogP contribution in [-0.4, -0.2) is 73.4 Å². The quantitative estimate of drug-likeness (QED) is 0.0248. The minimum absolute atomic E-state index is 0.0388. The Bertz CT molecular complexity index is 1370. The van der Waals surface area contributed by atoms with Crippen LogP contribution in [0.25, 0.3) is 0 Å². The van der Waals surface area contributed by atoms with E-state index in [-0.39, 0.29) is 19.1 Å². The lowest BCUT2D eigenvalue weighted by molar-refractivity contribution is -0.870. The monoisotopic (exact) mass is 840 g/mol. The molecule has 0 aliphatic rings. The van der Waals surface area contributed by atoms with E-state index in [0.717, 1.165) is 96.3 Å². The smallest absolute Gasteiger partial charge is 0.387 e. The van der Waals surface area contributed by atoms with Crippen molar-refractivity contribution >= 4 is 13.7 Å². The maximum atomic E-state index is 12.9. The minimum atomic E-state index is -4.37. The van der Waals surface area contributed by atoms with Gasteiger partial charge in [0.05, 0.1) is 39.9 Å². The molecule has 0 aromatic rings. The Kier molecular flexibility index (Phi) is 38.2. The fraction of sp³-hybridized carbons (Fsp3) is 0.580. The summed E-state index contributed by atoms with van der Waals surface area (Å²) in [4.78, 5) is 23.1. The second-order valence-electron chi connectivity index (χ2n) is 15.7. The van der Waals surface area contributed by atoms with Crippen molar-refractivity contribution in [1.82, 2.24) is 5.32 Å². The van der Waals surface area contributed by atoms with Gasteiger partial charge in [-0.05, 0) is 96.3 Å². The van der Waals surface area contributed by atoms with Crippen molar-refractivity contribution < 1.29 is 32.9 Å². The van der Waals surface area contributed by atoms with Crippen LogP contribution in [0.2, 0.25) is 0 Å². The highest BCUT2D eigenvalue weighted by Crippen LogP contribution is 2.43. The highest BCUT2D eigenvalue weighted by Gasteiger charge is 2.27. The van der Waals surface area contributed by atoms with E-state index in [1.807, 2.05) is 27.2 Å². The number of amides is 1. The molecule has 0 aliphatic heterocycles. The number of aliphatic hydroxyl groups excluding tert-OH is 1. The number of allylic oxidation sites excluding steroid dienone is 19. The number of rotatable bonds is 38. The number of phosphoric acid groups is 1. The van der Waals surface area contributed by atoms with Gasteiger partial charge in [0.25, 0.3) is 0 Å². The summed E-state index contributed by atoms with van der Waals surface area (Å²) in [6, 6.07) is -0.895. The minimum Gasteiger partial charge on any atom is -0.387 e. The van der Waals surface area contributed by atoms with Crippen LogP contribution in [0, 0.1) is 0 Å². The number of nitrogens with zero attached hydrogens (tertiary/aromatic N) is 1. The molecule has 334 valence electrons. The molecule has 0 heterocycles. The van der Waals surface area contributed by atoms with Gasteiger partial charge >= 0.3 is 7.82 Å². The second kappa shape index (κ2) is 40.3. The van der Waals surface area contributed by atoms with Crippen LogP contribution in [-0.2, 0) is 18.4 Å². The molecule has 59 heavy (non-hydrogen) atoms. The van der Waals surface area contributed by atoms with Crippen molar-refractivity contribution in [2.75, 3.05) is 40.9 Å². The summed E-state index contributed by atoms with van der Waals surface area (Å²) >= 11 is 0. The van der Waals surface area contributed by atoms with Gasteiger partial charge in [0.1, 0.15) is 13.2 Å². The van der Waals surface area contributed by atoms with Gasteiger partial charge in [-0.15, -0.1) is 0 Å². The van der Waals surface area contributed by atoms with Gasteiger partial charge in [0.15, 0.2) is 0 Å². The highest BCUT2D eigenvalue weighted by molar-refractivity contribution is 7.47. The molecule has 0 bridgehead atoms. The Morgan fingerprint density at radius 3 is 1.53 bits per heavy atom. The fourth-order valence-electron chi connectivity index (χ4n) is 5.33. The Balaban J connectivity index is 4.50. The van der Waals surface area contributed by atoms with E-state index in [1.54, 1.807) is 6.08 Å². The van der Waals surface area contributed by atoms with Gasteiger partial charge in [-0.1, -0.05) is 155 Å². The standard InChI is InChI=1S/C50H83N2O6P/c1-6-8-10-12-14-16-18-20-21-22-23-24-25-26-27-28-29-30-31-32-34-36-38-40-42-44-50(54)51-48(47-58-59(55,56)57-46-45-52(3,4)5)49(53)43-41-39-37-35-33-19-17-15-13-11-9-7-2/h8,10,13-16,20-21,23-24,26-27,29-30,32-35,41,43,48-49,53H,6-7,9,11-12,17-19,22,25,28,31,36-40,42,44-47H2,1-5H3,(H-,51,54,55,56)/p+1/b10-8-,15-13+,16-14-,21-20-,24-23-,27-26-,30-29-,34-32-,35-33+,43-41+. The molecule has 3 unspecified atom stereocenters. The van der Waals surface area contributed by atoms with Crippen LogP contribution >= 0.6 is 7.82 Å². The molecular weight excluding hydrogens is 756 g/mol. The van der Waals surface area contributed by atoms with Crippen molar-refractivity contribution in [2.45, 2.75) is 148 Å². The van der Waals surface area contributed by atoms with Crippen LogP contribution in [0.15, 0.2) is 122 Å². The molecule has 3 atom stereocenters. The van der Waals surface area contributed by atoms with Crippen molar-refractivity contribution in [3.8, 4) is 0 Å². The summed E-state index contributed by atoms with van der Waals surface area (Å²) in [6.07, 6.45) is 59.9. The number of likely N-dealkylation sites (N-methyl/N-ethyl adjacent to an activating group) is 1. The number of phosphoric ester groups is 1. The zero-order valence-corrected chi connectivity index (χ0v) is 38.6. The number of nitrogens with one attached hydrogen (secondary N) is 1. The third-order valence-corrected chi connectivity index (χ3v) is 9.88. The molecule has 3 N–H and O–H groups in total. The van der Waals surface area contributed by atoms with E-state index in [1.165, 1.54) is 12.8 Å². The van der Waals surface area contributed by atoms with Crippen molar-refractivity contribution in [3.63, 3.8) is 0 Å². The first-order valence-corrected chi connectivity index (χ1v) is 23.9. The number of carbonyl (C=O) groups is 1. The summed E-state index contributed by atoms with van der Waals surface area (Å²) in [6.45, 7) is 4.55. The molecular formula is C50H84N2O6P+. The Hall–Kier alpha value is -3.10. The van der Waals surface area contributed by atoms with Gasteiger partial charge in [-0.3, -0.25) is 13.8 Å². The number of hydrogen-bond donors (Lipinski definition) is 3. The first kappa shape index (κ1) is 55.9. The predicted octanol–water partition coefficient (Wildman–Crippen LogP) is 12.7. The van der Waals surface area contributed by atoms with E-state index in [4.69, 9.17) is 9.05 Å². The zero-order valence-electron chi connectivity index (χ0n) is 37.7. The third-order valence-electron chi connectivity index (χ3n) is 8.89. The molecule has 0 radical (unpaired) electrons. The SMILES string of the molecule is CC/C=C\C/C=C\C/C=C\C/C=C\C/C=C\C/C=C\C/C=C\CCCCCC(=O)NC(COP(=O)(O)OCC[N+](C)(C)C)C(O)/C=C/CC/C=C/CC/C=C/CCCC. The van der Waals surface area contributed by atoms with Crippen LogP contribution in [0.5, 0.6) is 0 Å². The van der Waals surface area contributed by atoms with Gasteiger partial charge in [-0.25, -0.2) is 4.57 Å². The van der Waals surface area contributed by atoms with Gasteiger partial charge < -0.3 is 19.8 Å². The molecule has 0 saturated carbocycles. The first-order valence-electron chi connectivity index (χ1n) is 22.4. The van der Waals surface area contributed by atoms with Crippen LogP contribution in [0.1, 0.15) is 136 Å². The Morgan fingerprint density at radius 2 is 1.03 bits per heavy atom. The molecule has 0 aliphatic carbocycles. The number of hydrogen-bond acceptors (Lipinski definition) is 5. The molecule has 0 saturated heterocycles. The molecule has 9 heteroatoms. The van der Waals surface area contributed by atoms with E-state index >= 15 is 0 Å². The lowest BCUT2D eigenvalue weighted by Crippen LogP contribution is -2.45. The fourth-order valence-corrected chi connectivity index (χ4v) is 6.07. The molecule has 0 aromatic heterocycles. The van der Waals surface area contributed by atoms with Crippen LogP contribution in [0.4, 0.5) is 0 Å². The van der Waals surface area contributed by atoms with E-state index in [2.05, 4.69) is 129 Å². The largest absolute Gasteiger partial charge is 0.472 e. The predicted molar refractivity (Wildman–Crippen MR) is 253 cm³/mol. The topological polar surface area (TPSA) is 105 Å². The summed E-state index contributed by atoms with van der Waals surface area (Å²) in [7, 11) is 1.49. The van der Waals surface area contributed by atoms with Gasteiger partial charge in [0.2, 0.25) is 5.91 Å². The molecule has 0 aromatic carbocycles. The molecule has 8 nitrogen and oxygen atoms in total. The zero-order chi connectivity index (χ0) is 43.6. The lowest BCUT2D eigenvalue weighted by atomic mass is 10.1. The first-order chi connectivity index (χ1) is 28.5. The Labute approximate surface area is 361 Å². The average Bonchev–Trinajstić information content (AvgIpc) is 3.19. The number of unbranched alkanes of at least 4 members (excludes halogenated alkanes) is 7. The van der Waals surface area contributed by atoms with Crippen molar-refractivity contribution in [1.29, 1.82) is 0 Å². The van der Waals surface area contributed by atoms with E-state index < -0.39 is 20.0 Å². The Morgan fingerprint density at radius 1 is 0.593 bits per heavy atom. The van der Waals surface area contributed by atoms with Crippen molar-refractivity contribution in [2.24, 2.45) is 0 Å². The summed E-state index contributed by atoms with van der Waals surface area (Å²) in [5.74, 6) is -0.232. The second-order valence-corrected chi connectivity index (χ2v) is 17.1. The highest BCUT2D eigenvalue weighted by atomic mass is 31.2. The maximum Gasteiger partial charge on any atom is 0.472 e. The summed E-state index contributed by atoms with van der Waals surface area (Å²) in [5, 5.41) is 13.7. The van der Waals surface area contributed by atoms with Crippen LogP contribution < -0.4 is 5.32 Å². The van der Waals surface area contributed by atoms with Gasteiger partial charge in [0, 0.05) is 6.42 Å². The number of aliphatic hydroxyl groups is 1. The van der Waals surface area contributed by atoms with Crippen molar-refractivity contribution in [3.05, 3.63) is 122 Å². The lowest BCUT2D eigenvalue weighted by Gasteiger charge is -2.25.